The molecule has 0 spiro atoms. The summed E-state index contributed by atoms with van der Waals surface area (Å²) in [4.78, 5) is 19.7. The van der Waals surface area contributed by atoms with E-state index in [1.54, 1.807) is 24.2 Å². The summed E-state index contributed by atoms with van der Waals surface area (Å²) in [5.74, 6) is 1.23. The average molecular weight is 258 g/mol. The Morgan fingerprint density at radius 1 is 1.22 bits per heavy atom. The Bertz CT molecular complexity index is 680. The maximum absolute atomic E-state index is 5.64. The van der Waals surface area contributed by atoms with Gasteiger partial charge in [0, 0.05) is 5.75 Å². The minimum atomic E-state index is 0.530. The van der Waals surface area contributed by atoms with Gasteiger partial charge in [-0.1, -0.05) is 17.8 Å². The molecule has 0 saturated heterocycles. The number of thioether (sulfide) groups is 1. The molecule has 90 valence electrons. The summed E-state index contributed by atoms with van der Waals surface area (Å²) in [7, 11) is 0. The van der Waals surface area contributed by atoms with Crippen LogP contribution in [0, 0.1) is 0 Å². The summed E-state index contributed by atoms with van der Waals surface area (Å²) >= 11 is 1.58. The third-order valence-corrected chi connectivity index (χ3v) is 3.40. The van der Waals surface area contributed by atoms with Crippen molar-refractivity contribution < 1.29 is 0 Å². The average Bonchev–Trinajstić information content (AvgIpc) is 2.85. The predicted molar refractivity (Wildman–Crippen MR) is 69.9 cm³/mol. The summed E-state index contributed by atoms with van der Waals surface area (Å²) in [6.45, 7) is 0. The Kier molecular flexibility index (Phi) is 2.81. The van der Waals surface area contributed by atoms with Crippen LogP contribution in [0.4, 0.5) is 5.82 Å². The number of aromatic amines is 1. The molecule has 0 amide bonds. The zero-order valence-corrected chi connectivity index (χ0v) is 10.2. The fourth-order valence-corrected chi connectivity index (χ4v) is 2.43. The van der Waals surface area contributed by atoms with Gasteiger partial charge < -0.3 is 10.7 Å². The molecule has 0 aliphatic carbocycles. The molecular weight excluding hydrogens is 248 g/mol. The predicted octanol–water partition coefficient (Wildman–Crippen LogP) is 1.62. The van der Waals surface area contributed by atoms with Crippen LogP contribution < -0.4 is 5.73 Å². The zero-order chi connectivity index (χ0) is 12.4. The number of anilines is 1. The standard InChI is InChI=1S/C11H10N6S/c12-8-3-1-2-7(17-8)4-18-11-9-10(14-5-13-9)15-6-16-11/h1-3,5-6H,4H2,(H2,12,17)(H,13,14,15,16). The van der Waals surface area contributed by atoms with E-state index in [-0.39, 0.29) is 0 Å². The van der Waals surface area contributed by atoms with Crippen molar-refractivity contribution in [2.45, 2.75) is 10.8 Å². The van der Waals surface area contributed by atoms with Crippen molar-refractivity contribution >= 4 is 28.7 Å². The van der Waals surface area contributed by atoms with Gasteiger partial charge in [-0.25, -0.2) is 19.9 Å². The number of rotatable bonds is 3. The van der Waals surface area contributed by atoms with Gasteiger partial charge in [-0.2, -0.15) is 0 Å². The van der Waals surface area contributed by atoms with Gasteiger partial charge in [0.2, 0.25) is 0 Å². The van der Waals surface area contributed by atoms with E-state index in [2.05, 4.69) is 24.9 Å². The summed E-state index contributed by atoms with van der Waals surface area (Å²) in [6, 6.07) is 5.60. The lowest BCUT2D eigenvalue weighted by molar-refractivity contribution is 1.08. The topological polar surface area (TPSA) is 93.4 Å². The molecule has 0 radical (unpaired) electrons. The van der Waals surface area contributed by atoms with Crippen molar-refractivity contribution in [1.29, 1.82) is 0 Å². The van der Waals surface area contributed by atoms with E-state index in [1.807, 2.05) is 12.1 Å². The van der Waals surface area contributed by atoms with Gasteiger partial charge in [-0.05, 0) is 12.1 Å². The lowest BCUT2D eigenvalue weighted by atomic mass is 10.4. The van der Waals surface area contributed by atoms with Gasteiger partial charge in [0.15, 0.2) is 5.65 Å². The molecule has 3 aromatic rings. The first-order valence-corrected chi connectivity index (χ1v) is 6.30. The number of H-pyrrole nitrogens is 1. The number of nitrogen functional groups attached to an aromatic ring is 1. The highest BCUT2D eigenvalue weighted by Crippen LogP contribution is 2.24. The zero-order valence-electron chi connectivity index (χ0n) is 9.37. The largest absolute Gasteiger partial charge is 0.384 e. The first kappa shape index (κ1) is 11.0. The van der Waals surface area contributed by atoms with E-state index in [4.69, 9.17) is 5.73 Å². The van der Waals surface area contributed by atoms with E-state index in [0.29, 0.717) is 17.2 Å². The van der Waals surface area contributed by atoms with Gasteiger partial charge in [0.25, 0.3) is 0 Å². The lowest BCUT2D eigenvalue weighted by Crippen LogP contribution is -1.94. The lowest BCUT2D eigenvalue weighted by Gasteiger charge is -2.02. The van der Waals surface area contributed by atoms with E-state index < -0.39 is 0 Å². The van der Waals surface area contributed by atoms with Crippen LogP contribution in [0.3, 0.4) is 0 Å². The van der Waals surface area contributed by atoms with Gasteiger partial charge in [0.1, 0.15) is 22.7 Å². The second-order valence-electron chi connectivity index (χ2n) is 3.62. The number of pyridine rings is 1. The number of aromatic nitrogens is 5. The number of hydrogen-bond donors (Lipinski definition) is 2. The fourth-order valence-electron chi connectivity index (χ4n) is 1.57. The fraction of sp³-hybridized carbons (Fsp3) is 0.0909. The molecule has 0 aliphatic heterocycles. The van der Waals surface area contributed by atoms with Crippen LogP contribution in [-0.2, 0) is 5.75 Å². The van der Waals surface area contributed by atoms with Crippen molar-refractivity contribution in [2.75, 3.05) is 5.73 Å². The Labute approximate surface area is 107 Å². The number of nitrogens with two attached hydrogens (primary N) is 1. The quantitative estimate of drug-likeness (QED) is 0.547. The van der Waals surface area contributed by atoms with Crippen molar-refractivity contribution in [2.24, 2.45) is 0 Å². The molecule has 0 aliphatic rings. The van der Waals surface area contributed by atoms with E-state index >= 15 is 0 Å². The van der Waals surface area contributed by atoms with E-state index in [9.17, 15) is 0 Å². The Morgan fingerprint density at radius 2 is 2.17 bits per heavy atom. The Balaban J connectivity index is 1.83. The molecule has 6 nitrogen and oxygen atoms in total. The molecular formula is C11H10N6S. The number of hydrogen-bond acceptors (Lipinski definition) is 6. The van der Waals surface area contributed by atoms with Crippen LogP contribution in [-0.4, -0.2) is 24.9 Å². The molecule has 3 N–H and O–H groups in total. The van der Waals surface area contributed by atoms with Gasteiger partial charge in [-0.3, -0.25) is 0 Å². The molecule has 0 aromatic carbocycles. The second-order valence-corrected chi connectivity index (χ2v) is 4.59. The molecule has 0 unspecified atom stereocenters. The molecule has 3 heterocycles. The van der Waals surface area contributed by atoms with Crippen LogP contribution in [0.5, 0.6) is 0 Å². The number of nitrogens with one attached hydrogen (secondary N) is 1. The maximum atomic E-state index is 5.64. The third-order valence-electron chi connectivity index (χ3n) is 2.37. The molecule has 3 rings (SSSR count). The van der Waals surface area contributed by atoms with Crippen molar-refractivity contribution in [3.05, 3.63) is 36.5 Å². The van der Waals surface area contributed by atoms with Gasteiger partial charge in [-0.15, -0.1) is 0 Å². The monoisotopic (exact) mass is 258 g/mol. The molecule has 3 aromatic heterocycles. The molecule has 0 saturated carbocycles. The summed E-state index contributed by atoms with van der Waals surface area (Å²) < 4.78 is 0. The number of nitrogens with zero attached hydrogens (tertiary/aromatic N) is 4. The minimum absolute atomic E-state index is 0.530. The van der Waals surface area contributed by atoms with Crippen LogP contribution in [0.2, 0.25) is 0 Å². The molecule has 0 atom stereocenters. The first-order valence-electron chi connectivity index (χ1n) is 5.31. The molecule has 18 heavy (non-hydrogen) atoms. The van der Waals surface area contributed by atoms with Crippen LogP contribution >= 0.6 is 11.8 Å². The van der Waals surface area contributed by atoms with Crippen LogP contribution in [0.15, 0.2) is 35.9 Å². The van der Waals surface area contributed by atoms with Crippen molar-refractivity contribution in [1.82, 2.24) is 24.9 Å². The van der Waals surface area contributed by atoms with Crippen LogP contribution in [0.1, 0.15) is 5.69 Å². The normalized spacial score (nSPS) is 10.9. The summed E-state index contributed by atoms with van der Waals surface area (Å²) in [5, 5.41) is 0.863. The summed E-state index contributed by atoms with van der Waals surface area (Å²) in [6.07, 6.45) is 3.13. The highest BCUT2D eigenvalue weighted by atomic mass is 32.2. The highest BCUT2D eigenvalue weighted by Gasteiger charge is 2.07. The maximum Gasteiger partial charge on any atom is 0.181 e. The van der Waals surface area contributed by atoms with Crippen LogP contribution in [0.25, 0.3) is 11.2 Å². The van der Waals surface area contributed by atoms with E-state index in [0.717, 1.165) is 16.2 Å². The number of fused-ring (bicyclic) bond motifs is 1. The SMILES string of the molecule is Nc1cccc(CSc2ncnc3nc[nH]c23)n1. The van der Waals surface area contributed by atoms with E-state index in [1.165, 1.54) is 6.33 Å². The van der Waals surface area contributed by atoms with Gasteiger partial charge >= 0.3 is 0 Å². The highest BCUT2D eigenvalue weighted by molar-refractivity contribution is 7.98. The van der Waals surface area contributed by atoms with Gasteiger partial charge in [0.05, 0.1) is 12.0 Å². The molecule has 0 fully saturated rings. The second kappa shape index (κ2) is 4.61. The molecule has 0 bridgehead atoms. The van der Waals surface area contributed by atoms with Crippen molar-refractivity contribution in [3.8, 4) is 0 Å². The van der Waals surface area contributed by atoms with Crippen molar-refractivity contribution in [3.63, 3.8) is 0 Å². The Hall–Kier alpha value is -2.15. The first-order chi connectivity index (χ1) is 8.83. The Morgan fingerprint density at radius 3 is 3.06 bits per heavy atom. The third kappa shape index (κ3) is 2.12. The minimum Gasteiger partial charge on any atom is -0.384 e. The summed E-state index contributed by atoms with van der Waals surface area (Å²) in [5.41, 5.74) is 8.09. The smallest absolute Gasteiger partial charge is 0.181 e. The number of imidazole rings is 1. The molecule has 7 heteroatoms.